The number of nitrogens with zero attached hydrogens (tertiary/aromatic N) is 2. The van der Waals surface area contributed by atoms with E-state index in [0.29, 0.717) is 22.9 Å². The monoisotopic (exact) mass is 280 g/mol. The van der Waals surface area contributed by atoms with E-state index in [9.17, 15) is 4.79 Å². The van der Waals surface area contributed by atoms with Gasteiger partial charge in [-0.1, -0.05) is 12.1 Å². The van der Waals surface area contributed by atoms with E-state index in [4.69, 9.17) is 9.47 Å². The zero-order valence-electron chi connectivity index (χ0n) is 11.6. The van der Waals surface area contributed by atoms with Crippen LogP contribution in [0.25, 0.3) is 22.4 Å². The fraction of sp³-hybridized carbons (Fsp3) is 0.125. The Morgan fingerprint density at radius 3 is 2.62 bits per heavy atom. The van der Waals surface area contributed by atoms with E-state index in [1.165, 1.54) is 7.11 Å². The second-order valence-corrected chi connectivity index (χ2v) is 4.79. The lowest BCUT2D eigenvalue weighted by atomic mass is 10.1. The number of methoxy groups -OCH3 is 2. The Morgan fingerprint density at radius 1 is 1.05 bits per heavy atom. The smallest absolute Gasteiger partial charge is 0.268 e. The van der Waals surface area contributed by atoms with Gasteiger partial charge in [-0.25, -0.2) is 4.98 Å². The number of hydrogen-bond donors (Lipinski definition) is 0. The maximum atomic E-state index is 12.8. The molecule has 0 bridgehead atoms. The molecule has 0 atom stereocenters. The van der Waals surface area contributed by atoms with Crippen molar-refractivity contribution >= 4 is 16.9 Å². The number of para-hydroxylation sites is 2. The molecule has 104 valence electrons. The highest BCUT2D eigenvalue weighted by Gasteiger charge is 2.34. The SMILES string of the molecule is COc1ccc2c(c1OC)C(=O)n1c-2nc2ccccc21. The van der Waals surface area contributed by atoms with Gasteiger partial charge < -0.3 is 9.47 Å². The molecule has 0 radical (unpaired) electrons. The molecule has 5 heteroatoms. The lowest BCUT2D eigenvalue weighted by molar-refractivity contribution is 0.0970. The van der Waals surface area contributed by atoms with Crippen molar-refractivity contribution in [2.24, 2.45) is 0 Å². The Balaban J connectivity index is 2.08. The first-order valence-electron chi connectivity index (χ1n) is 6.53. The largest absolute Gasteiger partial charge is 0.493 e. The van der Waals surface area contributed by atoms with Crippen molar-refractivity contribution in [1.82, 2.24) is 9.55 Å². The molecule has 5 nitrogen and oxygen atoms in total. The Kier molecular flexibility index (Phi) is 2.33. The second kappa shape index (κ2) is 4.09. The minimum atomic E-state index is -0.135. The normalized spacial score (nSPS) is 12.4. The summed E-state index contributed by atoms with van der Waals surface area (Å²) in [4.78, 5) is 17.4. The van der Waals surface area contributed by atoms with E-state index >= 15 is 0 Å². The Hall–Kier alpha value is -2.82. The van der Waals surface area contributed by atoms with Gasteiger partial charge >= 0.3 is 0 Å². The van der Waals surface area contributed by atoms with E-state index in [1.807, 2.05) is 30.3 Å². The zero-order valence-corrected chi connectivity index (χ0v) is 11.6. The van der Waals surface area contributed by atoms with Gasteiger partial charge in [0.25, 0.3) is 5.91 Å². The number of hydrogen-bond acceptors (Lipinski definition) is 4. The summed E-state index contributed by atoms with van der Waals surface area (Å²) in [5.74, 6) is 1.51. The van der Waals surface area contributed by atoms with E-state index in [0.717, 1.165) is 16.6 Å². The molecule has 0 saturated heterocycles. The molecule has 1 aliphatic rings. The number of fused-ring (bicyclic) bond motifs is 5. The molecule has 0 fully saturated rings. The van der Waals surface area contributed by atoms with Gasteiger partial charge in [0, 0.05) is 5.56 Å². The van der Waals surface area contributed by atoms with E-state index in [-0.39, 0.29) is 5.91 Å². The minimum absolute atomic E-state index is 0.135. The van der Waals surface area contributed by atoms with Crippen molar-refractivity contribution in [3.63, 3.8) is 0 Å². The Labute approximate surface area is 120 Å². The third kappa shape index (κ3) is 1.40. The first kappa shape index (κ1) is 12.0. The quantitative estimate of drug-likeness (QED) is 0.566. The molecular formula is C16H12N2O3. The molecule has 0 spiro atoms. The van der Waals surface area contributed by atoms with Crippen LogP contribution in [0.5, 0.6) is 11.5 Å². The van der Waals surface area contributed by atoms with Crippen LogP contribution in [0.1, 0.15) is 10.4 Å². The van der Waals surface area contributed by atoms with Crippen LogP contribution in [-0.2, 0) is 0 Å². The van der Waals surface area contributed by atoms with Crippen LogP contribution < -0.4 is 9.47 Å². The number of carbonyl (C=O) groups excluding carboxylic acids is 1. The lowest BCUT2D eigenvalue weighted by Gasteiger charge is -2.10. The van der Waals surface area contributed by atoms with Crippen LogP contribution in [0.3, 0.4) is 0 Å². The van der Waals surface area contributed by atoms with Crippen molar-refractivity contribution in [2.45, 2.75) is 0 Å². The molecule has 0 aliphatic carbocycles. The van der Waals surface area contributed by atoms with Crippen LogP contribution in [0.2, 0.25) is 0 Å². The lowest BCUT2D eigenvalue weighted by Crippen LogP contribution is -2.07. The van der Waals surface area contributed by atoms with Gasteiger partial charge in [-0.3, -0.25) is 9.36 Å². The highest BCUT2D eigenvalue weighted by atomic mass is 16.5. The minimum Gasteiger partial charge on any atom is -0.493 e. The number of ether oxygens (including phenoxy) is 2. The van der Waals surface area contributed by atoms with E-state index in [2.05, 4.69) is 4.98 Å². The van der Waals surface area contributed by atoms with Gasteiger partial charge in [0.2, 0.25) is 0 Å². The topological polar surface area (TPSA) is 53.4 Å². The predicted molar refractivity (Wildman–Crippen MR) is 78.0 cm³/mol. The molecule has 0 N–H and O–H groups in total. The summed E-state index contributed by atoms with van der Waals surface area (Å²) in [6.45, 7) is 0. The molecule has 0 saturated carbocycles. The fourth-order valence-electron chi connectivity index (χ4n) is 2.85. The van der Waals surface area contributed by atoms with Crippen molar-refractivity contribution in [3.05, 3.63) is 42.0 Å². The van der Waals surface area contributed by atoms with Crippen molar-refractivity contribution < 1.29 is 14.3 Å². The van der Waals surface area contributed by atoms with Crippen LogP contribution in [0.4, 0.5) is 0 Å². The molecule has 21 heavy (non-hydrogen) atoms. The predicted octanol–water partition coefficient (Wildman–Crippen LogP) is 2.72. The molecule has 2 heterocycles. The van der Waals surface area contributed by atoms with Gasteiger partial charge in [0.05, 0.1) is 30.8 Å². The first-order chi connectivity index (χ1) is 10.3. The summed E-state index contributed by atoms with van der Waals surface area (Å²) >= 11 is 0. The van der Waals surface area contributed by atoms with Crippen molar-refractivity contribution in [3.8, 4) is 22.9 Å². The summed E-state index contributed by atoms with van der Waals surface area (Å²) in [6, 6.07) is 11.2. The Morgan fingerprint density at radius 2 is 1.86 bits per heavy atom. The summed E-state index contributed by atoms with van der Waals surface area (Å²) in [5, 5.41) is 0. The summed E-state index contributed by atoms with van der Waals surface area (Å²) in [7, 11) is 3.09. The van der Waals surface area contributed by atoms with Gasteiger partial charge in [-0.2, -0.15) is 0 Å². The molecule has 1 aliphatic heterocycles. The summed E-state index contributed by atoms with van der Waals surface area (Å²) in [5.41, 5.74) is 2.88. The average molecular weight is 280 g/mol. The van der Waals surface area contributed by atoms with E-state index < -0.39 is 0 Å². The van der Waals surface area contributed by atoms with Crippen molar-refractivity contribution in [1.29, 1.82) is 0 Å². The maximum absolute atomic E-state index is 12.8. The number of benzene rings is 2. The number of carbonyl (C=O) groups is 1. The molecule has 1 aromatic heterocycles. The molecular weight excluding hydrogens is 268 g/mol. The van der Waals surface area contributed by atoms with Gasteiger partial charge in [0.1, 0.15) is 5.82 Å². The second-order valence-electron chi connectivity index (χ2n) is 4.79. The van der Waals surface area contributed by atoms with Gasteiger partial charge in [0.15, 0.2) is 11.5 Å². The molecule has 2 aromatic carbocycles. The number of imidazole rings is 1. The zero-order chi connectivity index (χ0) is 14.6. The highest BCUT2D eigenvalue weighted by molar-refractivity contribution is 6.14. The third-order valence-electron chi connectivity index (χ3n) is 3.76. The van der Waals surface area contributed by atoms with Crippen LogP contribution in [0, 0.1) is 0 Å². The number of aromatic nitrogens is 2. The highest BCUT2D eigenvalue weighted by Crippen LogP contribution is 2.43. The molecule has 0 unspecified atom stereocenters. The molecule has 0 amide bonds. The van der Waals surface area contributed by atoms with Gasteiger partial charge in [-0.15, -0.1) is 0 Å². The standard InChI is InChI=1S/C16H12N2O3/c1-20-12-8-7-9-13(14(12)21-2)16(19)18-11-6-4-3-5-10(11)17-15(9)18/h3-8H,1-2H3. The molecule has 3 aromatic rings. The number of rotatable bonds is 2. The van der Waals surface area contributed by atoms with Crippen molar-refractivity contribution in [2.75, 3.05) is 14.2 Å². The Bertz CT molecular complexity index is 896. The van der Waals surface area contributed by atoms with Gasteiger partial charge in [-0.05, 0) is 24.3 Å². The third-order valence-corrected chi connectivity index (χ3v) is 3.76. The maximum Gasteiger partial charge on any atom is 0.268 e. The van der Waals surface area contributed by atoms with Crippen LogP contribution >= 0.6 is 0 Å². The fourth-order valence-corrected chi connectivity index (χ4v) is 2.85. The first-order valence-corrected chi connectivity index (χ1v) is 6.53. The van der Waals surface area contributed by atoms with Crippen LogP contribution in [-0.4, -0.2) is 29.7 Å². The summed E-state index contributed by atoms with van der Waals surface area (Å²) < 4.78 is 12.3. The average Bonchev–Trinajstić information content (AvgIpc) is 3.03. The molecule has 4 rings (SSSR count). The van der Waals surface area contributed by atoms with E-state index in [1.54, 1.807) is 17.7 Å². The summed E-state index contributed by atoms with van der Waals surface area (Å²) in [6.07, 6.45) is 0. The van der Waals surface area contributed by atoms with Crippen LogP contribution in [0.15, 0.2) is 36.4 Å².